The summed E-state index contributed by atoms with van der Waals surface area (Å²) in [5.74, 6) is 0.0251. The van der Waals surface area contributed by atoms with Gasteiger partial charge in [-0.1, -0.05) is 6.92 Å². The fraction of sp³-hybridized carbons (Fsp3) is 0.375. The minimum absolute atomic E-state index is 0.0968. The van der Waals surface area contributed by atoms with Crippen LogP contribution in [0.1, 0.15) is 6.92 Å². The number of halogens is 1. The average molecular weight is 346 g/mol. The van der Waals surface area contributed by atoms with Gasteiger partial charge in [0.25, 0.3) is 0 Å². The lowest BCUT2D eigenvalue weighted by molar-refractivity contribution is -0.383. The van der Waals surface area contributed by atoms with Crippen molar-refractivity contribution in [3.8, 4) is 0 Å². The van der Waals surface area contributed by atoms with Crippen molar-refractivity contribution in [2.75, 3.05) is 42.9 Å². The minimum Gasteiger partial charge on any atom is -0.348 e. The van der Waals surface area contributed by atoms with Gasteiger partial charge in [0, 0.05) is 31.9 Å². The van der Waals surface area contributed by atoms with Gasteiger partial charge in [-0.15, -0.1) is 0 Å². The molecule has 9 heteroatoms. The topological polar surface area (TPSA) is 87.4 Å². The predicted octanol–water partition coefficient (Wildman–Crippen LogP) is 2.41. The number of aromatic nitrogens is 2. The van der Waals surface area contributed by atoms with Crippen LogP contribution in [0.25, 0.3) is 0 Å². The summed E-state index contributed by atoms with van der Waals surface area (Å²) in [4.78, 5) is 23.5. The van der Waals surface area contributed by atoms with Crippen molar-refractivity contribution in [3.63, 3.8) is 0 Å². The van der Waals surface area contributed by atoms with Crippen molar-refractivity contribution in [1.29, 1.82) is 0 Å². The molecule has 0 unspecified atom stereocenters. The molecule has 132 valence electrons. The largest absolute Gasteiger partial charge is 0.353 e. The minimum atomic E-state index is -0.479. The molecule has 0 saturated carbocycles. The van der Waals surface area contributed by atoms with Crippen LogP contribution in [0.2, 0.25) is 0 Å². The van der Waals surface area contributed by atoms with E-state index in [1.807, 2.05) is 4.90 Å². The second-order valence-electron chi connectivity index (χ2n) is 5.70. The SMILES string of the molecule is CCN1CCN(c2ncnc(Nc3ccc(F)cc3)c2[N+](=O)[O-])CC1. The lowest BCUT2D eigenvalue weighted by Crippen LogP contribution is -2.46. The third kappa shape index (κ3) is 3.82. The molecule has 8 nitrogen and oxygen atoms in total. The molecule has 1 aromatic heterocycles. The van der Waals surface area contributed by atoms with Gasteiger partial charge in [0.1, 0.15) is 12.1 Å². The van der Waals surface area contributed by atoms with Gasteiger partial charge in [-0.05, 0) is 30.8 Å². The first-order valence-electron chi connectivity index (χ1n) is 8.07. The Morgan fingerprint density at radius 2 is 1.88 bits per heavy atom. The van der Waals surface area contributed by atoms with E-state index in [9.17, 15) is 14.5 Å². The van der Waals surface area contributed by atoms with Crippen molar-refractivity contribution >= 4 is 23.0 Å². The van der Waals surface area contributed by atoms with Crippen molar-refractivity contribution in [2.45, 2.75) is 6.92 Å². The number of piperazine rings is 1. The van der Waals surface area contributed by atoms with E-state index in [1.54, 1.807) is 0 Å². The molecule has 0 atom stereocenters. The standard InChI is InChI=1S/C16H19FN6O2/c1-2-21-7-9-22(10-8-21)16-14(23(24)25)15(18-11-19-16)20-13-5-3-12(17)4-6-13/h3-6,11H,2,7-10H2,1H3,(H,18,19,20). The molecule has 0 bridgehead atoms. The number of hydrogen-bond donors (Lipinski definition) is 1. The Kier molecular flexibility index (Phi) is 5.03. The summed E-state index contributed by atoms with van der Waals surface area (Å²) in [6.07, 6.45) is 1.31. The highest BCUT2D eigenvalue weighted by atomic mass is 19.1. The van der Waals surface area contributed by atoms with Gasteiger partial charge < -0.3 is 15.1 Å². The van der Waals surface area contributed by atoms with Crippen LogP contribution in [0.5, 0.6) is 0 Å². The summed E-state index contributed by atoms with van der Waals surface area (Å²) in [7, 11) is 0. The monoisotopic (exact) mass is 346 g/mol. The van der Waals surface area contributed by atoms with Gasteiger partial charge in [-0.3, -0.25) is 10.1 Å². The number of likely N-dealkylation sites (N-methyl/N-ethyl adjacent to an activating group) is 1. The molecule has 3 rings (SSSR count). The van der Waals surface area contributed by atoms with E-state index < -0.39 is 4.92 Å². The van der Waals surface area contributed by atoms with E-state index in [4.69, 9.17) is 0 Å². The zero-order valence-corrected chi connectivity index (χ0v) is 13.9. The molecule has 1 fully saturated rings. The fourth-order valence-corrected chi connectivity index (χ4v) is 2.81. The summed E-state index contributed by atoms with van der Waals surface area (Å²) in [6.45, 7) is 6.05. The zero-order valence-electron chi connectivity index (χ0n) is 13.9. The first-order valence-corrected chi connectivity index (χ1v) is 8.07. The maximum Gasteiger partial charge on any atom is 0.353 e. The second kappa shape index (κ2) is 7.39. The molecule has 1 aliphatic heterocycles. The summed E-state index contributed by atoms with van der Waals surface area (Å²) in [5.41, 5.74) is 0.349. The maximum atomic E-state index is 13.0. The van der Waals surface area contributed by atoms with Crippen LogP contribution < -0.4 is 10.2 Å². The quantitative estimate of drug-likeness (QED) is 0.657. The van der Waals surface area contributed by atoms with E-state index >= 15 is 0 Å². The molecule has 0 amide bonds. The Balaban J connectivity index is 1.89. The van der Waals surface area contributed by atoms with Crippen LogP contribution in [-0.2, 0) is 0 Å². The van der Waals surface area contributed by atoms with Gasteiger partial charge in [0.2, 0.25) is 11.6 Å². The number of benzene rings is 1. The van der Waals surface area contributed by atoms with E-state index in [0.29, 0.717) is 24.6 Å². The number of nitro groups is 1. The Morgan fingerprint density at radius 3 is 2.48 bits per heavy atom. The van der Waals surface area contributed by atoms with Gasteiger partial charge in [0.05, 0.1) is 4.92 Å². The van der Waals surface area contributed by atoms with Crippen LogP contribution in [-0.4, -0.2) is 52.5 Å². The molecule has 1 aliphatic rings. The lowest BCUT2D eigenvalue weighted by Gasteiger charge is -2.34. The number of anilines is 3. The van der Waals surface area contributed by atoms with Gasteiger partial charge in [0.15, 0.2) is 0 Å². The molecule has 1 N–H and O–H groups in total. The third-order valence-corrected chi connectivity index (χ3v) is 4.21. The Labute approximate surface area is 144 Å². The molecule has 2 aromatic rings. The Morgan fingerprint density at radius 1 is 1.20 bits per heavy atom. The van der Waals surface area contributed by atoms with Gasteiger partial charge >= 0.3 is 5.69 Å². The smallest absolute Gasteiger partial charge is 0.348 e. The zero-order chi connectivity index (χ0) is 17.8. The first-order chi connectivity index (χ1) is 12.1. The average Bonchev–Trinajstić information content (AvgIpc) is 2.63. The predicted molar refractivity (Wildman–Crippen MR) is 92.7 cm³/mol. The number of nitrogens with one attached hydrogen (secondary N) is 1. The van der Waals surface area contributed by atoms with Gasteiger partial charge in [-0.25, -0.2) is 14.4 Å². The molecular weight excluding hydrogens is 327 g/mol. The van der Waals surface area contributed by atoms with Gasteiger partial charge in [-0.2, -0.15) is 0 Å². The van der Waals surface area contributed by atoms with Crippen LogP contribution >= 0.6 is 0 Å². The highest BCUT2D eigenvalue weighted by molar-refractivity contribution is 5.74. The van der Waals surface area contributed by atoms with Crippen molar-refractivity contribution in [3.05, 3.63) is 46.5 Å². The molecule has 2 heterocycles. The summed E-state index contributed by atoms with van der Waals surface area (Å²) >= 11 is 0. The summed E-state index contributed by atoms with van der Waals surface area (Å²) in [5, 5.41) is 14.5. The number of nitrogens with zero attached hydrogens (tertiary/aromatic N) is 5. The highest BCUT2D eigenvalue weighted by Gasteiger charge is 2.29. The third-order valence-electron chi connectivity index (χ3n) is 4.21. The Hall–Kier alpha value is -2.81. The van der Waals surface area contributed by atoms with Crippen molar-refractivity contribution in [1.82, 2.24) is 14.9 Å². The Bertz CT molecular complexity index is 747. The van der Waals surface area contributed by atoms with Crippen molar-refractivity contribution in [2.24, 2.45) is 0 Å². The van der Waals surface area contributed by atoms with Crippen molar-refractivity contribution < 1.29 is 9.31 Å². The van der Waals surface area contributed by atoms with E-state index in [-0.39, 0.29) is 17.3 Å². The van der Waals surface area contributed by atoms with E-state index in [0.717, 1.165) is 19.6 Å². The lowest BCUT2D eigenvalue weighted by atomic mass is 10.2. The molecule has 1 aromatic carbocycles. The number of rotatable bonds is 5. The molecule has 0 spiro atoms. The van der Waals surface area contributed by atoms with Crippen LogP contribution in [0.4, 0.5) is 27.4 Å². The summed E-state index contributed by atoms with van der Waals surface area (Å²) in [6, 6.07) is 5.56. The molecule has 25 heavy (non-hydrogen) atoms. The van der Waals surface area contributed by atoms with Crippen LogP contribution in [0, 0.1) is 15.9 Å². The molecular formula is C16H19FN6O2. The first kappa shape index (κ1) is 17.0. The van der Waals surface area contributed by atoms with E-state index in [2.05, 4.69) is 27.1 Å². The van der Waals surface area contributed by atoms with Crippen LogP contribution in [0.15, 0.2) is 30.6 Å². The molecule has 0 radical (unpaired) electrons. The van der Waals surface area contributed by atoms with E-state index in [1.165, 1.54) is 30.6 Å². The van der Waals surface area contributed by atoms with Crippen LogP contribution in [0.3, 0.4) is 0 Å². The normalized spacial score (nSPS) is 15.2. The fourth-order valence-electron chi connectivity index (χ4n) is 2.81. The maximum absolute atomic E-state index is 13.0. The molecule has 1 saturated heterocycles. The number of hydrogen-bond acceptors (Lipinski definition) is 7. The summed E-state index contributed by atoms with van der Waals surface area (Å²) < 4.78 is 13.0. The molecule has 0 aliphatic carbocycles. The second-order valence-corrected chi connectivity index (χ2v) is 5.70. The highest BCUT2D eigenvalue weighted by Crippen LogP contribution is 2.33.